The maximum Gasteiger partial charge on any atom is 0.189 e. The summed E-state index contributed by atoms with van der Waals surface area (Å²) in [5.74, 6) is 1.15. The Kier molecular flexibility index (Phi) is 5.70. The third-order valence-corrected chi connectivity index (χ3v) is 5.13. The topological polar surface area (TPSA) is 59.6 Å². The third kappa shape index (κ3) is 3.79. The van der Waals surface area contributed by atoms with Crippen LogP contribution in [0.1, 0.15) is 36.4 Å². The monoisotopic (exact) mass is 467 g/mol. The number of para-hydroxylation sites is 1. The lowest BCUT2D eigenvalue weighted by Crippen LogP contribution is -2.38. The molecule has 0 spiro atoms. The molecule has 4 nitrogen and oxygen atoms in total. The zero-order chi connectivity index (χ0) is 17.3. The van der Waals surface area contributed by atoms with E-state index in [2.05, 4.69) is 10.3 Å². The van der Waals surface area contributed by atoms with Crippen LogP contribution in [0.5, 0.6) is 5.75 Å². The van der Waals surface area contributed by atoms with Crippen LogP contribution in [0.15, 0.2) is 53.5 Å². The van der Waals surface area contributed by atoms with E-state index >= 15 is 0 Å². The van der Waals surface area contributed by atoms with Crippen molar-refractivity contribution in [3.05, 3.63) is 65.5 Å². The number of halogens is 2. The van der Waals surface area contributed by atoms with Crippen LogP contribution >= 0.6 is 24.0 Å². The summed E-state index contributed by atoms with van der Waals surface area (Å²) in [5.41, 5.74) is 7.78. The van der Waals surface area contributed by atoms with Gasteiger partial charge in [-0.3, -0.25) is 4.99 Å². The first-order valence-corrected chi connectivity index (χ1v) is 8.71. The third-order valence-electron chi connectivity index (χ3n) is 5.13. The number of rotatable bonds is 4. The molecule has 4 rings (SSSR count). The van der Waals surface area contributed by atoms with Gasteiger partial charge in [-0.25, -0.2) is 4.39 Å². The van der Waals surface area contributed by atoms with Crippen LogP contribution in [0.3, 0.4) is 0 Å². The number of nitrogens with one attached hydrogen (secondary N) is 1. The van der Waals surface area contributed by atoms with Gasteiger partial charge < -0.3 is 15.8 Å². The Morgan fingerprint density at radius 2 is 1.92 bits per heavy atom. The number of guanidine groups is 1. The fourth-order valence-electron chi connectivity index (χ4n) is 3.51. The Bertz CT molecular complexity index is 807. The number of ether oxygens (including phenoxy) is 1. The van der Waals surface area contributed by atoms with Crippen LogP contribution < -0.4 is 15.8 Å². The van der Waals surface area contributed by atoms with Crippen LogP contribution in [-0.4, -0.2) is 19.1 Å². The van der Waals surface area contributed by atoms with Gasteiger partial charge in [0.05, 0.1) is 19.2 Å². The molecule has 2 aliphatic rings. The normalized spacial score (nSPS) is 20.3. The van der Waals surface area contributed by atoms with Crippen LogP contribution in [0.25, 0.3) is 0 Å². The Balaban J connectivity index is 0.00000196. The molecule has 1 atom stereocenters. The van der Waals surface area contributed by atoms with E-state index in [1.807, 2.05) is 36.4 Å². The highest BCUT2D eigenvalue weighted by Gasteiger charge is 2.45. The van der Waals surface area contributed by atoms with Gasteiger partial charge in [0.25, 0.3) is 0 Å². The van der Waals surface area contributed by atoms with Crippen molar-refractivity contribution in [3.8, 4) is 5.75 Å². The molecule has 26 heavy (non-hydrogen) atoms. The number of hydrogen-bond donors (Lipinski definition) is 2. The van der Waals surface area contributed by atoms with Crippen molar-refractivity contribution < 1.29 is 9.13 Å². The zero-order valence-corrected chi connectivity index (χ0v) is 16.8. The van der Waals surface area contributed by atoms with Crippen molar-refractivity contribution in [1.29, 1.82) is 0 Å². The Morgan fingerprint density at radius 1 is 1.19 bits per heavy atom. The SMILES string of the molecule is I.NC(=NCC1(c2ccccc2F)CC1)NC1CCOc2ccccc21. The first kappa shape index (κ1) is 18.9. The average Bonchev–Trinajstić information content (AvgIpc) is 3.42. The summed E-state index contributed by atoms with van der Waals surface area (Å²) in [4.78, 5) is 4.52. The van der Waals surface area contributed by atoms with Gasteiger partial charge in [-0.1, -0.05) is 36.4 Å². The Labute approximate surface area is 170 Å². The summed E-state index contributed by atoms with van der Waals surface area (Å²) in [6.07, 6.45) is 2.74. The molecule has 1 unspecified atom stereocenters. The van der Waals surface area contributed by atoms with Gasteiger partial charge in [-0.2, -0.15) is 0 Å². The van der Waals surface area contributed by atoms with E-state index in [1.165, 1.54) is 6.07 Å². The summed E-state index contributed by atoms with van der Waals surface area (Å²) in [6.45, 7) is 1.17. The second-order valence-electron chi connectivity index (χ2n) is 6.83. The van der Waals surface area contributed by atoms with Crippen molar-refractivity contribution in [2.24, 2.45) is 10.7 Å². The predicted octanol–water partition coefficient (Wildman–Crippen LogP) is 3.90. The molecule has 1 aliphatic carbocycles. The highest BCUT2D eigenvalue weighted by atomic mass is 127. The van der Waals surface area contributed by atoms with Crippen LogP contribution in [0.4, 0.5) is 4.39 Å². The van der Waals surface area contributed by atoms with E-state index in [0.29, 0.717) is 19.1 Å². The first-order valence-electron chi connectivity index (χ1n) is 8.71. The minimum absolute atomic E-state index is 0. The lowest BCUT2D eigenvalue weighted by Gasteiger charge is -2.27. The fraction of sp³-hybridized carbons (Fsp3) is 0.350. The van der Waals surface area contributed by atoms with Crippen LogP contribution in [0.2, 0.25) is 0 Å². The molecule has 0 bridgehead atoms. The molecule has 1 fully saturated rings. The summed E-state index contributed by atoms with van der Waals surface area (Å²) in [7, 11) is 0. The largest absolute Gasteiger partial charge is 0.493 e. The van der Waals surface area contributed by atoms with Crippen molar-refractivity contribution in [2.45, 2.75) is 30.7 Å². The lowest BCUT2D eigenvalue weighted by molar-refractivity contribution is 0.262. The molecule has 0 radical (unpaired) electrons. The molecule has 0 amide bonds. The van der Waals surface area contributed by atoms with Crippen LogP contribution in [0, 0.1) is 5.82 Å². The van der Waals surface area contributed by atoms with E-state index < -0.39 is 0 Å². The van der Waals surface area contributed by atoms with E-state index in [-0.39, 0.29) is 41.3 Å². The molecule has 0 saturated heterocycles. The van der Waals surface area contributed by atoms with E-state index in [0.717, 1.165) is 36.1 Å². The number of benzene rings is 2. The molecule has 2 aromatic carbocycles. The lowest BCUT2D eigenvalue weighted by atomic mass is 9.95. The molecule has 1 aliphatic heterocycles. The molecule has 138 valence electrons. The molecule has 3 N–H and O–H groups in total. The second-order valence-corrected chi connectivity index (χ2v) is 6.83. The maximum absolute atomic E-state index is 14.1. The van der Waals surface area contributed by atoms with Crippen molar-refractivity contribution in [2.75, 3.05) is 13.2 Å². The quantitative estimate of drug-likeness (QED) is 0.408. The predicted molar refractivity (Wildman–Crippen MR) is 112 cm³/mol. The van der Waals surface area contributed by atoms with Gasteiger partial charge >= 0.3 is 0 Å². The zero-order valence-electron chi connectivity index (χ0n) is 14.5. The Hall–Kier alpha value is -1.83. The number of nitrogens with two attached hydrogens (primary N) is 1. The first-order chi connectivity index (χ1) is 12.2. The summed E-state index contributed by atoms with van der Waals surface area (Å²) in [6, 6.07) is 15.0. The van der Waals surface area contributed by atoms with Crippen molar-refractivity contribution in [1.82, 2.24) is 5.32 Å². The molecule has 0 aromatic heterocycles. The standard InChI is InChI=1S/C20H22FN3O.HI/c21-16-7-3-2-6-15(16)20(10-11-20)13-23-19(22)24-17-9-12-25-18-8-4-1-5-14(17)18;/h1-8,17H,9-13H2,(H3,22,23,24);1H. The molecule has 6 heteroatoms. The molecule has 1 saturated carbocycles. The maximum atomic E-state index is 14.1. The van der Waals surface area contributed by atoms with Crippen molar-refractivity contribution in [3.63, 3.8) is 0 Å². The van der Waals surface area contributed by atoms with Gasteiger partial charge in [-0.05, 0) is 30.5 Å². The van der Waals surface area contributed by atoms with Gasteiger partial charge in [0.1, 0.15) is 11.6 Å². The highest BCUT2D eigenvalue weighted by molar-refractivity contribution is 14.0. The van der Waals surface area contributed by atoms with E-state index in [1.54, 1.807) is 6.07 Å². The minimum Gasteiger partial charge on any atom is -0.493 e. The number of nitrogens with zero attached hydrogens (tertiary/aromatic N) is 1. The molecule has 2 aromatic rings. The van der Waals surface area contributed by atoms with Gasteiger partial charge in [0.2, 0.25) is 0 Å². The molecular formula is C20H23FIN3O. The Morgan fingerprint density at radius 3 is 2.69 bits per heavy atom. The number of fused-ring (bicyclic) bond motifs is 1. The molecule has 1 heterocycles. The summed E-state index contributed by atoms with van der Waals surface area (Å²) in [5, 5.41) is 3.30. The summed E-state index contributed by atoms with van der Waals surface area (Å²) < 4.78 is 19.7. The summed E-state index contributed by atoms with van der Waals surface area (Å²) >= 11 is 0. The molecular weight excluding hydrogens is 444 g/mol. The average molecular weight is 467 g/mol. The number of aliphatic imine (C=N–C) groups is 1. The fourth-order valence-corrected chi connectivity index (χ4v) is 3.51. The van der Waals surface area contributed by atoms with E-state index in [9.17, 15) is 4.39 Å². The van der Waals surface area contributed by atoms with Gasteiger partial charge in [0, 0.05) is 17.4 Å². The highest BCUT2D eigenvalue weighted by Crippen LogP contribution is 2.49. The minimum atomic E-state index is -0.189. The van der Waals surface area contributed by atoms with E-state index in [4.69, 9.17) is 10.5 Å². The smallest absolute Gasteiger partial charge is 0.189 e. The van der Waals surface area contributed by atoms with Gasteiger partial charge in [0.15, 0.2) is 5.96 Å². The number of hydrogen-bond acceptors (Lipinski definition) is 2. The second kappa shape index (κ2) is 7.82. The van der Waals surface area contributed by atoms with Gasteiger partial charge in [-0.15, -0.1) is 24.0 Å². The van der Waals surface area contributed by atoms with Crippen molar-refractivity contribution >= 4 is 29.9 Å². The van der Waals surface area contributed by atoms with Crippen LogP contribution in [-0.2, 0) is 5.41 Å².